The van der Waals surface area contributed by atoms with Crippen molar-refractivity contribution in [3.63, 3.8) is 0 Å². The Kier molecular flexibility index (Phi) is 9.11. The number of rotatable bonds is 8. The van der Waals surface area contributed by atoms with Gasteiger partial charge in [-0.1, -0.05) is 27.7 Å². The summed E-state index contributed by atoms with van der Waals surface area (Å²) in [6, 6.07) is -2.32. The van der Waals surface area contributed by atoms with Crippen LogP contribution in [-0.2, 0) is 19.1 Å². The smallest absolute Gasteiger partial charge is 0.408 e. The van der Waals surface area contributed by atoms with E-state index in [4.69, 9.17) is 10.5 Å². The maximum atomic E-state index is 13.1. The zero-order chi connectivity index (χ0) is 23.2. The molecule has 1 heterocycles. The van der Waals surface area contributed by atoms with E-state index in [-0.39, 0.29) is 17.7 Å². The van der Waals surface area contributed by atoms with E-state index < -0.39 is 41.6 Å². The quantitative estimate of drug-likeness (QED) is 0.542. The molecule has 0 saturated carbocycles. The molecule has 0 unspecified atom stereocenters. The van der Waals surface area contributed by atoms with Crippen molar-refractivity contribution in [1.82, 2.24) is 15.5 Å². The fourth-order valence-electron chi connectivity index (χ4n) is 3.45. The highest BCUT2D eigenvalue weighted by Gasteiger charge is 2.38. The second-order valence-corrected chi connectivity index (χ2v) is 9.65. The Hall–Kier alpha value is -2.32. The number of primary amides is 1. The molecule has 1 aliphatic rings. The third-order valence-corrected chi connectivity index (χ3v) is 4.81. The molecule has 30 heavy (non-hydrogen) atoms. The van der Waals surface area contributed by atoms with Crippen molar-refractivity contribution >= 4 is 23.8 Å². The maximum absolute atomic E-state index is 13.1. The molecule has 4 N–H and O–H groups in total. The van der Waals surface area contributed by atoms with Crippen molar-refractivity contribution in [1.29, 1.82) is 0 Å². The highest BCUT2D eigenvalue weighted by atomic mass is 16.6. The molecule has 4 amide bonds. The van der Waals surface area contributed by atoms with Crippen LogP contribution < -0.4 is 16.4 Å². The summed E-state index contributed by atoms with van der Waals surface area (Å²) in [7, 11) is 0. The van der Waals surface area contributed by atoms with Crippen LogP contribution in [0.25, 0.3) is 0 Å². The second-order valence-electron chi connectivity index (χ2n) is 9.65. The Morgan fingerprint density at radius 1 is 1.10 bits per heavy atom. The molecule has 0 spiro atoms. The van der Waals surface area contributed by atoms with Crippen LogP contribution in [0.5, 0.6) is 0 Å². The average Bonchev–Trinajstić information content (AvgIpc) is 3.06. The van der Waals surface area contributed by atoms with Crippen LogP contribution in [0.1, 0.15) is 67.7 Å². The standard InChI is InChI=1S/C21H38N4O5/c1-12(2)11-14(19(28)25-10-8-9-15(25)17(22)26)23-18(27)16(13(3)4)24-20(29)30-21(5,6)7/h12-16H,8-11H2,1-7H3,(H2,22,26)(H,23,27)(H,24,29)/t14-,15+,16+/m0/s1. The number of nitrogens with zero attached hydrogens (tertiary/aromatic N) is 1. The SMILES string of the molecule is CC(C)C[C@H](NC(=O)[C@H](NC(=O)OC(C)(C)C)C(C)C)C(=O)N1CCC[C@@H]1C(N)=O. The fraction of sp³-hybridized carbons (Fsp3) is 0.810. The van der Waals surface area contributed by atoms with E-state index in [2.05, 4.69) is 10.6 Å². The molecule has 1 fully saturated rings. The van der Waals surface area contributed by atoms with E-state index >= 15 is 0 Å². The summed E-state index contributed by atoms with van der Waals surface area (Å²) >= 11 is 0. The van der Waals surface area contributed by atoms with E-state index in [9.17, 15) is 19.2 Å². The van der Waals surface area contributed by atoms with Crippen LogP contribution in [0.15, 0.2) is 0 Å². The van der Waals surface area contributed by atoms with Gasteiger partial charge in [0, 0.05) is 6.54 Å². The number of nitrogens with two attached hydrogens (primary N) is 1. The van der Waals surface area contributed by atoms with Gasteiger partial charge in [0.15, 0.2) is 0 Å². The molecule has 1 saturated heterocycles. The number of ether oxygens (including phenoxy) is 1. The first kappa shape index (κ1) is 25.7. The predicted molar refractivity (Wildman–Crippen MR) is 113 cm³/mol. The minimum Gasteiger partial charge on any atom is -0.444 e. The summed E-state index contributed by atoms with van der Waals surface area (Å²) < 4.78 is 5.25. The highest BCUT2D eigenvalue weighted by molar-refractivity contribution is 5.94. The molecule has 0 aliphatic carbocycles. The van der Waals surface area contributed by atoms with Crippen molar-refractivity contribution in [3.05, 3.63) is 0 Å². The molecule has 9 nitrogen and oxygen atoms in total. The highest BCUT2D eigenvalue weighted by Crippen LogP contribution is 2.20. The van der Waals surface area contributed by atoms with Crippen LogP contribution in [0, 0.1) is 11.8 Å². The van der Waals surface area contributed by atoms with Crippen LogP contribution in [0.3, 0.4) is 0 Å². The molecule has 0 aromatic carbocycles. The van der Waals surface area contributed by atoms with Crippen molar-refractivity contribution in [2.24, 2.45) is 17.6 Å². The van der Waals surface area contributed by atoms with Gasteiger partial charge in [-0.2, -0.15) is 0 Å². The van der Waals surface area contributed by atoms with Crippen LogP contribution >= 0.6 is 0 Å². The van der Waals surface area contributed by atoms with Gasteiger partial charge < -0.3 is 26.0 Å². The number of alkyl carbamates (subject to hydrolysis) is 1. The molecular weight excluding hydrogens is 388 g/mol. The predicted octanol–water partition coefficient (Wildman–Crippen LogP) is 1.54. The van der Waals surface area contributed by atoms with Crippen molar-refractivity contribution in [2.45, 2.75) is 91.5 Å². The zero-order valence-electron chi connectivity index (χ0n) is 19.3. The Bertz CT molecular complexity index is 642. The summed E-state index contributed by atoms with van der Waals surface area (Å²) in [4.78, 5) is 51.4. The molecule has 0 aromatic heterocycles. The number of carbonyl (C=O) groups is 4. The summed E-state index contributed by atoms with van der Waals surface area (Å²) in [6.07, 6.45) is 0.926. The molecule has 3 atom stereocenters. The topological polar surface area (TPSA) is 131 Å². The Labute approximate surface area is 179 Å². The van der Waals surface area contributed by atoms with Crippen molar-refractivity contribution in [3.8, 4) is 0 Å². The number of hydrogen-bond acceptors (Lipinski definition) is 5. The Morgan fingerprint density at radius 3 is 2.17 bits per heavy atom. The van der Waals surface area contributed by atoms with Gasteiger partial charge in [-0.15, -0.1) is 0 Å². The molecule has 0 radical (unpaired) electrons. The largest absolute Gasteiger partial charge is 0.444 e. The molecule has 9 heteroatoms. The van der Waals surface area contributed by atoms with Gasteiger partial charge >= 0.3 is 6.09 Å². The zero-order valence-corrected chi connectivity index (χ0v) is 19.3. The van der Waals surface area contributed by atoms with E-state index in [0.29, 0.717) is 25.8 Å². The van der Waals surface area contributed by atoms with Gasteiger partial charge in [0.25, 0.3) is 0 Å². The molecule has 1 aliphatic heterocycles. The lowest BCUT2D eigenvalue weighted by atomic mass is 9.99. The van der Waals surface area contributed by atoms with E-state index in [1.807, 2.05) is 13.8 Å². The van der Waals surface area contributed by atoms with E-state index in [0.717, 1.165) is 0 Å². The average molecular weight is 427 g/mol. The summed E-state index contributed by atoms with van der Waals surface area (Å²) in [5.74, 6) is -1.42. The summed E-state index contributed by atoms with van der Waals surface area (Å²) in [5, 5.41) is 5.38. The van der Waals surface area contributed by atoms with Gasteiger partial charge in [0.05, 0.1) is 0 Å². The van der Waals surface area contributed by atoms with Gasteiger partial charge in [-0.25, -0.2) is 4.79 Å². The first-order valence-electron chi connectivity index (χ1n) is 10.6. The third-order valence-electron chi connectivity index (χ3n) is 4.81. The number of carbonyl (C=O) groups excluding carboxylic acids is 4. The Balaban J connectivity index is 2.95. The summed E-state index contributed by atoms with van der Waals surface area (Å²) in [6.45, 7) is 13.1. The molecule has 0 bridgehead atoms. The number of amides is 4. The number of hydrogen-bond donors (Lipinski definition) is 3. The normalized spacial score (nSPS) is 18.8. The first-order chi connectivity index (χ1) is 13.7. The van der Waals surface area contributed by atoms with Gasteiger partial charge in [0.1, 0.15) is 23.7 Å². The van der Waals surface area contributed by atoms with Crippen LogP contribution in [0.2, 0.25) is 0 Å². The minimum atomic E-state index is -0.868. The van der Waals surface area contributed by atoms with E-state index in [1.54, 1.807) is 34.6 Å². The Morgan fingerprint density at radius 2 is 1.70 bits per heavy atom. The lowest BCUT2D eigenvalue weighted by molar-refractivity contribution is -0.141. The number of likely N-dealkylation sites (tertiary alicyclic amines) is 1. The van der Waals surface area contributed by atoms with E-state index in [1.165, 1.54) is 4.90 Å². The van der Waals surface area contributed by atoms with Crippen molar-refractivity contribution < 1.29 is 23.9 Å². The van der Waals surface area contributed by atoms with Crippen LogP contribution in [0.4, 0.5) is 4.79 Å². The lowest BCUT2D eigenvalue weighted by Crippen LogP contribution is -2.57. The van der Waals surface area contributed by atoms with Gasteiger partial charge in [-0.05, 0) is 51.9 Å². The third kappa shape index (κ3) is 7.84. The van der Waals surface area contributed by atoms with Crippen LogP contribution in [-0.4, -0.2) is 59.0 Å². The maximum Gasteiger partial charge on any atom is 0.408 e. The molecular formula is C21H38N4O5. The lowest BCUT2D eigenvalue weighted by Gasteiger charge is -2.31. The minimum absolute atomic E-state index is 0.130. The fourth-order valence-corrected chi connectivity index (χ4v) is 3.45. The van der Waals surface area contributed by atoms with Crippen molar-refractivity contribution in [2.75, 3.05) is 6.54 Å². The monoisotopic (exact) mass is 426 g/mol. The summed E-state index contributed by atoms with van der Waals surface area (Å²) in [5.41, 5.74) is 4.74. The van der Waals surface area contributed by atoms with Gasteiger partial charge in [-0.3, -0.25) is 14.4 Å². The second kappa shape index (κ2) is 10.6. The molecule has 172 valence electrons. The molecule has 0 aromatic rings. The molecule has 1 rings (SSSR count). The number of nitrogens with one attached hydrogen (secondary N) is 2. The van der Waals surface area contributed by atoms with Gasteiger partial charge in [0.2, 0.25) is 17.7 Å². The first-order valence-corrected chi connectivity index (χ1v) is 10.6.